The zero-order valence-electron chi connectivity index (χ0n) is 24.9. The monoisotopic (exact) mass is 616 g/mol. The number of benzene rings is 3. The van der Waals surface area contributed by atoms with E-state index < -0.39 is 16.2 Å². The minimum atomic E-state index is -3.95. The van der Waals surface area contributed by atoms with Crippen LogP contribution in [0.25, 0.3) is 4.85 Å². The summed E-state index contributed by atoms with van der Waals surface area (Å²) in [7, 11) is -3.95. The first-order valence-electron chi connectivity index (χ1n) is 13.9. The number of hydrogen-bond donors (Lipinski definition) is 0. The highest BCUT2D eigenvalue weighted by molar-refractivity contribution is 7.86. The lowest BCUT2D eigenvalue weighted by molar-refractivity contribution is -0.199. The lowest BCUT2D eigenvalue weighted by Gasteiger charge is -2.65. The van der Waals surface area contributed by atoms with Crippen molar-refractivity contribution in [1.29, 1.82) is 0 Å². The van der Waals surface area contributed by atoms with Crippen LogP contribution in [-0.4, -0.2) is 37.5 Å². The van der Waals surface area contributed by atoms with Gasteiger partial charge in [-0.15, -0.1) is 0 Å². The Hall–Kier alpha value is -3.82. The number of amides is 1. The molecule has 9 heteroatoms. The van der Waals surface area contributed by atoms with Gasteiger partial charge in [0.05, 0.1) is 16.5 Å². The van der Waals surface area contributed by atoms with Gasteiger partial charge in [-0.3, -0.25) is 8.98 Å². The third-order valence-corrected chi connectivity index (χ3v) is 10.00. The molecule has 7 nitrogen and oxygen atoms in total. The summed E-state index contributed by atoms with van der Waals surface area (Å²) in [5.74, 6) is 6.43. The second-order valence-electron chi connectivity index (χ2n) is 12.3. The average Bonchev–Trinajstić information content (AvgIpc) is 3.24. The standard InChI is InChI=1S/C34H33ClN2O5S/c1-21-8-14-26(15-9-21)43(39,40)42-22(2)10-11-23-12-16-27-24(18-23)20-37(30(27)38)31-33(3,4)32(34(31,5)6)41-25-13-17-29(36-7)28(35)19-25/h8-9,12-19,22,31-32H,20H2,1-6H3. The van der Waals surface area contributed by atoms with Gasteiger partial charge < -0.3 is 9.64 Å². The van der Waals surface area contributed by atoms with Crippen LogP contribution < -0.4 is 4.74 Å². The molecule has 3 aromatic rings. The minimum Gasteiger partial charge on any atom is -0.489 e. The van der Waals surface area contributed by atoms with E-state index in [4.69, 9.17) is 27.1 Å². The zero-order valence-corrected chi connectivity index (χ0v) is 26.5. The van der Waals surface area contributed by atoms with Crippen molar-refractivity contribution < 1.29 is 22.1 Å². The second-order valence-corrected chi connectivity index (χ2v) is 14.3. The fraction of sp³-hybridized carbons (Fsp3) is 0.353. The van der Waals surface area contributed by atoms with Crippen molar-refractivity contribution in [2.75, 3.05) is 0 Å². The Kier molecular flexibility index (Phi) is 7.86. The zero-order chi connectivity index (χ0) is 31.3. The number of ether oxygens (including phenoxy) is 1. The molecule has 0 bridgehead atoms. The highest BCUT2D eigenvalue weighted by Gasteiger charge is 2.66. The van der Waals surface area contributed by atoms with Crippen LogP contribution in [0, 0.1) is 36.2 Å². The van der Waals surface area contributed by atoms with Crippen LogP contribution in [0.1, 0.15) is 61.7 Å². The quantitative estimate of drug-likeness (QED) is 0.167. The first kappa shape index (κ1) is 30.6. The van der Waals surface area contributed by atoms with Crippen molar-refractivity contribution >= 4 is 33.3 Å². The van der Waals surface area contributed by atoms with Gasteiger partial charge in [-0.05, 0) is 61.9 Å². The molecule has 1 amide bonds. The number of rotatable bonds is 6. The number of hydrogen-bond acceptors (Lipinski definition) is 5. The molecule has 2 aliphatic rings. The van der Waals surface area contributed by atoms with Crippen LogP contribution in [0.3, 0.4) is 0 Å². The molecule has 1 saturated carbocycles. The molecule has 1 fully saturated rings. The number of aryl methyl sites for hydroxylation is 1. The largest absolute Gasteiger partial charge is 0.489 e. The summed E-state index contributed by atoms with van der Waals surface area (Å²) in [5.41, 5.74) is 2.76. The van der Waals surface area contributed by atoms with Gasteiger partial charge in [0.2, 0.25) is 5.69 Å². The van der Waals surface area contributed by atoms with Crippen LogP contribution in [0.15, 0.2) is 65.6 Å². The van der Waals surface area contributed by atoms with Crippen LogP contribution in [0.5, 0.6) is 5.75 Å². The first-order chi connectivity index (χ1) is 20.1. The fourth-order valence-electron chi connectivity index (χ4n) is 6.79. The van der Waals surface area contributed by atoms with Gasteiger partial charge in [0.15, 0.2) is 0 Å². The summed E-state index contributed by atoms with van der Waals surface area (Å²) in [6, 6.07) is 16.9. The maximum atomic E-state index is 13.6. The number of fused-ring (bicyclic) bond motifs is 1. The Labute approximate surface area is 258 Å². The summed E-state index contributed by atoms with van der Waals surface area (Å²) < 4.78 is 36.9. The summed E-state index contributed by atoms with van der Waals surface area (Å²) in [6.45, 7) is 19.5. The van der Waals surface area contributed by atoms with E-state index in [9.17, 15) is 13.2 Å². The molecular formula is C34H33ClN2O5S. The summed E-state index contributed by atoms with van der Waals surface area (Å²) >= 11 is 6.24. The van der Waals surface area contributed by atoms with Crippen molar-refractivity contribution in [1.82, 2.24) is 4.90 Å². The third-order valence-electron chi connectivity index (χ3n) is 8.30. The lowest BCUT2D eigenvalue weighted by Crippen LogP contribution is -2.74. The molecule has 0 N–H and O–H groups in total. The highest BCUT2D eigenvalue weighted by Crippen LogP contribution is 2.59. The predicted octanol–water partition coefficient (Wildman–Crippen LogP) is 7.18. The van der Waals surface area contributed by atoms with E-state index in [0.29, 0.717) is 34.1 Å². The van der Waals surface area contributed by atoms with Crippen LogP contribution in [-0.2, 0) is 20.8 Å². The molecule has 1 heterocycles. The highest BCUT2D eigenvalue weighted by atomic mass is 35.5. The summed E-state index contributed by atoms with van der Waals surface area (Å²) in [5, 5.41) is 0.344. The fourth-order valence-corrected chi connectivity index (χ4v) is 8.01. The molecule has 1 aliphatic heterocycles. The number of carbonyl (C=O) groups is 1. The molecule has 1 atom stereocenters. The van der Waals surface area contributed by atoms with E-state index in [2.05, 4.69) is 44.4 Å². The Balaban J connectivity index is 1.29. The van der Waals surface area contributed by atoms with Crippen LogP contribution in [0.4, 0.5) is 5.69 Å². The maximum Gasteiger partial charge on any atom is 0.298 e. The molecule has 222 valence electrons. The SMILES string of the molecule is [C-]#[N+]c1ccc(OC2C(C)(C)C(N3Cc4cc(C#CC(C)OS(=O)(=O)c5ccc(C)cc5)ccc4C3=O)C2(C)C)cc1Cl. The molecule has 5 rings (SSSR count). The van der Waals surface area contributed by atoms with Gasteiger partial charge in [-0.2, -0.15) is 8.42 Å². The van der Waals surface area contributed by atoms with Crippen molar-refractivity contribution in [3.63, 3.8) is 0 Å². The molecule has 0 spiro atoms. The molecule has 0 radical (unpaired) electrons. The molecular weight excluding hydrogens is 584 g/mol. The normalized spacial score (nSPS) is 20.7. The maximum absolute atomic E-state index is 13.6. The van der Waals surface area contributed by atoms with E-state index in [1.165, 1.54) is 12.1 Å². The van der Waals surface area contributed by atoms with Gasteiger partial charge in [-0.1, -0.05) is 74.9 Å². The summed E-state index contributed by atoms with van der Waals surface area (Å²) in [4.78, 5) is 19.0. The Bertz CT molecular complexity index is 1800. The van der Waals surface area contributed by atoms with Crippen LogP contribution >= 0.6 is 11.6 Å². The molecule has 3 aromatic carbocycles. The smallest absolute Gasteiger partial charge is 0.298 e. The van der Waals surface area contributed by atoms with Gasteiger partial charge in [0.25, 0.3) is 16.0 Å². The van der Waals surface area contributed by atoms with Crippen molar-refractivity contribution in [2.45, 2.75) is 71.2 Å². The molecule has 1 unspecified atom stereocenters. The van der Waals surface area contributed by atoms with E-state index in [-0.39, 0.29) is 33.8 Å². The molecule has 1 aliphatic carbocycles. The topological polar surface area (TPSA) is 77.3 Å². The molecule has 0 aromatic heterocycles. The van der Waals surface area contributed by atoms with E-state index in [0.717, 1.165) is 11.1 Å². The van der Waals surface area contributed by atoms with E-state index in [1.807, 2.05) is 17.9 Å². The molecule has 0 saturated heterocycles. The minimum absolute atomic E-state index is 0.0375. The third kappa shape index (κ3) is 5.63. The molecule has 43 heavy (non-hydrogen) atoms. The average molecular weight is 617 g/mol. The Morgan fingerprint density at radius 1 is 1.05 bits per heavy atom. The number of halogens is 1. The van der Waals surface area contributed by atoms with Crippen molar-refractivity contribution in [2.24, 2.45) is 10.8 Å². The Morgan fingerprint density at radius 2 is 1.72 bits per heavy atom. The lowest BCUT2D eigenvalue weighted by atomic mass is 9.49. The van der Waals surface area contributed by atoms with E-state index >= 15 is 0 Å². The van der Waals surface area contributed by atoms with Gasteiger partial charge in [-0.25, -0.2) is 4.85 Å². The first-order valence-corrected chi connectivity index (χ1v) is 15.7. The van der Waals surface area contributed by atoms with E-state index in [1.54, 1.807) is 49.4 Å². The number of carbonyl (C=O) groups excluding carboxylic acids is 1. The number of nitrogens with zero attached hydrogens (tertiary/aromatic N) is 2. The van der Waals surface area contributed by atoms with Crippen molar-refractivity contribution in [3.05, 3.63) is 99.4 Å². The van der Waals surface area contributed by atoms with Crippen molar-refractivity contribution in [3.8, 4) is 17.6 Å². The summed E-state index contributed by atoms with van der Waals surface area (Å²) in [6.07, 6.45) is -1.06. The Morgan fingerprint density at radius 3 is 2.35 bits per heavy atom. The van der Waals surface area contributed by atoms with Gasteiger partial charge in [0.1, 0.15) is 18.0 Å². The van der Waals surface area contributed by atoms with Gasteiger partial charge in [0, 0.05) is 34.5 Å². The van der Waals surface area contributed by atoms with Gasteiger partial charge >= 0.3 is 0 Å². The second kappa shape index (κ2) is 11.0. The predicted molar refractivity (Wildman–Crippen MR) is 166 cm³/mol. The van der Waals surface area contributed by atoms with Crippen LogP contribution in [0.2, 0.25) is 5.02 Å².